The van der Waals surface area contributed by atoms with Gasteiger partial charge < -0.3 is 0 Å². The largest absolute Gasteiger partial charge is 0.293 e. The molecule has 5 nitrogen and oxygen atoms in total. The summed E-state index contributed by atoms with van der Waals surface area (Å²) in [5, 5.41) is 0. The Hall–Kier alpha value is -5.03. The summed E-state index contributed by atoms with van der Waals surface area (Å²) in [7, 11) is 0. The second-order valence-corrected chi connectivity index (χ2v) is 9.02. The molecule has 0 radical (unpaired) electrons. The molecule has 39 heavy (non-hydrogen) atoms. The lowest BCUT2D eigenvalue weighted by Crippen LogP contribution is -2.04. The number of hydrogen-bond acceptors (Lipinski definition) is 5. The molecule has 5 rings (SSSR count). The Balaban J connectivity index is 1.67. The van der Waals surface area contributed by atoms with Gasteiger partial charge in [0.2, 0.25) is 0 Å². The Morgan fingerprint density at radius 3 is 1.56 bits per heavy atom. The molecule has 5 heteroatoms. The van der Waals surface area contributed by atoms with Crippen molar-refractivity contribution in [3.8, 4) is 33.4 Å². The third kappa shape index (κ3) is 5.94. The van der Waals surface area contributed by atoms with Crippen molar-refractivity contribution in [2.45, 2.75) is 13.8 Å². The highest BCUT2D eigenvalue weighted by molar-refractivity contribution is 6.14. The number of pyridine rings is 3. The number of carbonyl (C=O) groups excluding carboxylic acids is 1. The van der Waals surface area contributed by atoms with E-state index in [0.29, 0.717) is 17.7 Å². The van der Waals surface area contributed by atoms with Crippen LogP contribution in [0.5, 0.6) is 0 Å². The molecule has 2 aromatic carbocycles. The van der Waals surface area contributed by atoms with Gasteiger partial charge in [-0.15, -0.1) is 0 Å². The summed E-state index contributed by atoms with van der Waals surface area (Å²) in [6.45, 7) is 4.66. The minimum Gasteiger partial charge on any atom is -0.293 e. The van der Waals surface area contributed by atoms with Crippen molar-refractivity contribution in [3.63, 3.8) is 0 Å². The predicted octanol–water partition coefficient (Wildman–Crippen LogP) is 7.60. The number of nitrogens with zero attached hydrogens (tertiary/aromatic N) is 4. The second-order valence-electron chi connectivity index (χ2n) is 9.02. The van der Waals surface area contributed by atoms with Gasteiger partial charge in [0, 0.05) is 77.8 Å². The molecule has 0 amide bonds. The number of hydrogen-bond donors (Lipinski definition) is 0. The molecule has 0 aliphatic heterocycles. The van der Waals surface area contributed by atoms with Gasteiger partial charge in [0.1, 0.15) is 0 Å². The predicted molar refractivity (Wildman–Crippen MR) is 159 cm³/mol. The number of benzene rings is 2. The standard InChI is InChI=1S/C34H28N4O/c1-3-24(20-35-4-2)28-14-29(25-8-5-11-36-21-25)17-32(16-28)34(39)33-18-30(26-9-6-12-37-22-26)15-31(19-33)27-10-7-13-38-23-27/h3,5-23H,4H2,1-2H3/b24-3+,35-20?. The van der Waals surface area contributed by atoms with E-state index in [1.807, 2.05) is 105 Å². The SMILES string of the molecule is C/C=C(\C=NCC)c1cc(C(=O)c2cc(-c3cccnc3)cc(-c3cccnc3)c2)cc(-c2cccnc2)c1. The first-order chi connectivity index (χ1) is 19.2. The second kappa shape index (κ2) is 12.0. The minimum absolute atomic E-state index is 0.0687. The lowest BCUT2D eigenvalue weighted by Gasteiger charge is -2.13. The van der Waals surface area contributed by atoms with Gasteiger partial charge in [0.25, 0.3) is 0 Å². The van der Waals surface area contributed by atoms with Crippen LogP contribution in [-0.4, -0.2) is 33.5 Å². The molecule has 190 valence electrons. The van der Waals surface area contributed by atoms with Gasteiger partial charge in [-0.3, -0.25) is 24.7 Å². The molecule has 0 unspecified atom stereocenters. The van der Waals surface area contributed by atoms with E-state index in [0.717, 1.165) is 44.5 Å². The van der Waals surface area contributed by atoms with E-state index in [1.54, 1.807) is 18.6 Å². The maximum atomic E-state index is 14.2. The summed E-state index contributed by atoms with van der Waals surface area (Å²) in [5.41, 5.74) is 8.64. The van der Waals surface area contributed by atoms with Gasteiger partial charge >= 0.3 is 0 Å². The van der Waals surface area contributed by atoms with Crippen LogP contribution in [-0.2, 0) is 0 Å². The Labute approximate surface area is 228 Å². The van der Waals surface area contributed by atoms with Crippen LogP contribution in [0.1, 0.15) is 35.3 Å². The van der Waals surface area contributed by atoms with Crippen LogP contribution in [0, 0.1) is 0 Å². The average Bonchev–Trinajstić information content (AvgIpc) is 3.02. The van der Waals surface area contributed by atoms with Gasteiger partial charge in [-0.05, 0) is 96.3 Å². The zero-order chi connectivity index (χ0) is 27.0. The molecule has 3 heterocycles. The van der Waals surface area contributed by atoms with E-state index < -0.39 is 0 Å². The molecule has 5 aromatic rings. The Bertz CT molecular complexity index is 1590. The van der Waals surface area contributed by atoms with Gasteiger partial charge in [-0.25, -0.2) is 0 Å². The molecule has 0 saturated carbocycles. The highest BCUT2D eigenvalue weighted by Gasteiger charge is 2.16. The van der Waals surface area contributed by atoms with Gasteiger partial charge in [0.05, 0.1) is 0 Å². The lowest BCUT2D eigenvalue weighted by molar-refractivity contribution is 0.103. The Morgan fingerprint density at radius 2 is 1.13 bits per heavy atom. The van der Waals surface area contributed by atoms with E-state index in [4.69, 9.17) is 0 Å². The maximum absolute atomic E-state index is 14.2. The molecule has 0 N–H and O–H groups in total. The molecule has 0 bridgehead atoms. The highest BCUT2D eigenvalue weighted by atomic mass is 16.1. The third-order valence-corrected chi connectivity index (χ3v) is 6.43. The first-order valence-electron chi connectivity index (χ1n) is 12.9. The van der Waals surface area contributed by atoms with Crippen LogP contribution in [0.4, 0.5) is 0 Å². The van der Waals surface area contributed by atoms with Crippen LogP contribution in [0.3, 0.4) is 0 Å². The maximum Gasteiger partial charge on any atom is 0.193 e. The van der Waals surface area contributed by atoms with E-state index >= 15 is 0 Å². The number of allylic oxidation sites excluding steroid dienone is 2. The summed E-state index contributed by atoms with van der Waals surface area (Å²) < 4.78 is 0. The zero-order valence-electron chi connectivity index (χ0n) is 22.0. The number of aliphatic imine (C=N–C) groups is 1. The first-order valence-corrected chi connectivity index (χ1v) is 12.9. The average molecular weight is 509 g/mol. The summed E-state index contributed by atoms with van der Waals surface area (Å²) in [5.74, 6) is -0.0687. The van der Waals surface area contributed by atoms with Crippen LogP contribution < -0.4 is 0 Å². The molecule has 0 spiro atoms. The highest BCUT2D eigenvalue weighted by Crippen LogP contribution is 2.31. The minimum atomic E-state index is -0.0687. The quantitative estimate of drug-likeness (QED) is 0.160. The van der Waals surface area contributed by atoms with Crippen molar-refractivity contribution in [1.82, 2.24) is 15.0 Å². The molecule has 0 saturated heterocycles. The summed E-state index contributed by atoms with van der Waals surface area (Å²) in [4.78, 5) is 31.5. The molecular weight excluding hydrogens is 480 g/mol. The van der Waals surface area contributed by atoms with E-state index in [2.05, 4.69) is 32.1 Å². The third-order valence-electron chi connectivity index (χ3n) is 6.43. The number of ketones is 1. The fourth-order valence-corrected chi connectivity index (χ4v) is 4.46. The van der Waals surface area contributed by atoms with Crippen molar-refractivity contribution < 1.29 is 4.79 Å². The molecule has 0 aliphatic carbocycles. The monoisotopic (exact) mass is 508 g/mol. The zero-order valence-corrected chi connectivity index (χ0v) is 22.0. The van der Waals surface area contributed by atoms with Crippen molar-refractivity contribution in [1.29, 1.82) is 0 Å². The Morgan fingerprint density at radius 1 is 0.667 bits per heavy atom. The summed E-state index contributed by atoms with van der Waals surface area (Å²) in [6.07, 6.45) is 14.5. The number of carbonyl (C=O) groups is 1. The van der Waals surface area contributed by atoms with Crippen LogP contribution >= 0.6 is 0 Å². The van der Waals surface area contributed by atoms with E-state index in [1.165, 1.54) is 0 Å². The summed E-state index contributed by atoms with van der Waals surface area (Å²) in [6, 6.07) is 23.6. The summed E-state index contributed by atoms with van der Waals surface area (Å²) >= 11 is 0. The molecule has 0 aliphatic rings. The van der Waals surface area contributed by atoms with Crippen LogP contribution in [0.15, 0.2) is 121 Å². The number of aromatic nitrogens is 3. The Kier molecular flexibility index (Phi) is 7.89. The smallest absolute Gasteiger partial charge is 0.193 e. The van der Waals surface area contributed by atoms with Crippen molar-refractivity contribution in [3.05, 3.63) is 133 Å². The van der Waals surface area contributed by atoms with Gasteiger partial charge in [-0.2, -0.15) is 0 Å². The van der Waals surface area contributed by atoms with E-state index in [-0.39, 0.29) is 5.78 Å². The molecular formula is C34H28N4O. The van der Waals surface area contributed by atoms with Crippen LogP contribution in [0.25, 0.3) is 39.0 Å². The lowest BCUT2D eigenvalue weighted by atomic mass is 9.91. The fourth-order valence-electron chi connectivity index (χ4n) is 4.46. The van der Waals surface area contributed by atoms with Crippen LogP contribution in [0.2, 0.25) is 0 Å². The molecule has 0 atom stereocenters. The normalized spacial score (nSPS) is 11.6. The van der Waals surface area contributed by atoms with Crippen molar-refractivity contribution in [2.75, 3.05) is 6.54 Å². The van der Waals surface area contributed by atoms with Gasteiger partial charge in [-0.1, -0.05) is 24.3 Å². The molecule has 0 fully saturated rings. The fraction of sp³-hybridized carbons (Fsp3) is 0.0882. The molecule has 3 aromatic heterocycles. The number of rotatable bonds is 8. The first kappa shape index (κ1) is 25.6. The van der Waals surface area contributed by atoms with Crippen molar-refractivity contribution >= 4 is 17.6 Å². The van der Waals surface area contributed by atoms with Gasteiger partial charge in [0.15, 0.2) is 5.78 Å². The van der Waals surface area contributed by atoms with Crippen molar-refractivity contribution in [2.24, 2.45) is 4.99 Å². The van der Waals surface area contributed by atoms with E-state index in [9.17, 15) is 4.79 Å². The topological polar surface area (TPSA) is 68.1 Å².